The van der Waals surface area contributed by atoms with Crippen LogP contribution in [0.25, 0.3) is 0 Å². The summed E-state index contributed by atoms with van der Waals surface area (Å²) in [6.45, 7) is 2.78. The predicted molar refractivity (Wildman–Crippen MR) is 113 cm³/mol. The van der Waals surface area contributed by atoms with E-state index in [-0.39, 0.29) is 53.9 Å². The van der Waals surface area contributed by atoms with Gasteiger partial charge in [-0.2, -0.15) is 4.31 Å². The van der Waals surface area contributed by atoms with E-state index >= 15 is 0 Å². The highest BCUT2D eigenvalue weighted by Crippen LogP contribution is 2.29. The Bertz CT molecular complexity index is 1100. The summed E-state index contributed by atoms with van der Waals surface area (Å²) in [5, 5.41) is 13.9. The fraction of sp³-hybridized carbons (Fsp3) is 0.350. The average molecular weight is 449 g/mol. The number of nitrogens with one attached hydrogen (secondary N) is 1. The standard InChI is InChI=1S/C20H23N3O7S/c1-3-14-4-6-16(13-17(14)23(25)26)21-20(24)15-5-7-18(29-2)19(12-15)31(27,28)22-8-10-30-11-9-22/h4-7,12-13H,3,8-11H2,1-2H3,(H,21,24). The summed E-state index contributed by atoms with van der Waals surface area (Å²) in [6.07, 6.45) is 0.478. The third kappa shape index (κ3) is 4.84. The molecule has 2 aromatic rings. The Balaban J connectivity index is 1.91. The number of nitro groups is 1. The maximum absolute atomic E-state index is 13.1. The molecule has 0 bridgehead atoms. The van der Waals surface area contributed by atoms with E-state index in [0.717, 1.165) is 0 Å². The first-order valence-electron chi connectivity index (χ1n) is 9.62. The summed E-state index contributed by atoms with van der Waals surface area (Å²) in [5.41, 5.74) is 0.772. The first-order valence-corrected chi connectivity index (χ1v) is 11.1. The van der Waals surface area contributed by atoms with E-state index in [2.05, 4.69) is 5.32 Å². The van der Waals surface area contributed by atoms with Gasteiger partial charge < -0.3 is 14.8 Å². The van der Waals surface area contributed by atoms with E-state index < -0.39 is 20.9 Å². The summed E-state index contributed by atoms with van der Waals surface area (Å²) in [6, 6.07) is 8.51. The summed E-state index contributed by atoms with van der Waals surface area (Å²) >= 11 is 0. The van der Waals surface area contributed by atoms with Gasteiger partial charge in [0.2, 0.25) is 10.0 Å². The summed E-state index contributed by atoms with van der Waals surface area (Å²) in [4.78, 5) is 23.4. The van der Waals surface area contributed by atoms with Crippen molar-refractivity contribution in [3.8, 4) is 5.75 Å². The maximum atomic E-state index is 13.1. The van der Waals surface area contributed by atoms with Crippen LogP contribution in [0, 0.1) is 10.1 Å². The smallest absolute Gasteiger partial charge is 0.274 e. The normalized spacial score (nSPS) is 14.8. The number of anilines is 1. The molecule has 31 heavy (non-hydrogen) atoms. The number of sulfonamides is 1. The van der Waals surface area contributed by atoms with Crippen LogP contribution in [0.4, 0.5) is 11.4 Å². The fourth-order valence-corrected chi connectivity index (χ4v) is 4.85. The minimum atomic E-state index is -3.90. The number of nitro benzene ring substituents is 1. The number of rotatable bonds is 7. The summed E-state index contributed by atoms with van der Waals surface area (Å²) in [7, 11) is -2.55. The Hall–Kier alpha value is -3.02. The third-order valence-corrected chi connectivity index (χ3v) is 6.85. The van der Waals surface area contributed by atoms with E-state index in [1.165, 1.54) is 35.7 Å². The Morgan fingerprint density at radius 3 is 2.55 bits per heavy atom. The summed E-state index contributed by atoms with van der Waals surface area (Å²) < 4.78 is 37.8. The molecule has 0 unspecified atom stereocenters. The van der Waals surface area contributed by atoms with Gasteiger partial charge in [0.05, 0.1) is 25.2 Å². The minimum Gasteiger partial charge on any atom is -0.495 e. The van der Waals surface area contributed by atoms with E-state index in [1.54, 1.807) is 19.1 Å². The molecule has 1 aliphatic rings. The topological polar surface area (TPSA) is 128 Å². The van der Waals surface area contributed by atoms with Crippen LogP contribution >= 0.6 is 0 Å². The molecule has 0 spiro atoms. The molecule has 3 rings (SSSR count). The molecule has 0 aliphatic carbocycles. The number of carbonyl (C=O) groups is 1. The van der Waals surface area contributed by atoms with Crippen molar-refractivity contribution >= 4 is 27.3 Å². The van der Waals surface area contributed by atoms with Crippen molar-refractivity contribution in [1.82, 2.24) is 4.31 Å². The monoisotopic (exact) mass is 449 g/mol. The SMILES string of the molecule is CCc1ccc(NC(=O)c2ccc(OC)c(S(=O)(=O)N3CCOCC3)c2)cc1[N+](=O)[O-]. The molecule has 1 saturated heterocycles. The molecule has 10 nitrogen and oxygen atoms in total. The van der Waals surface area contributed by atoms with Crippen LogP contribution in [0.1, 0.15) is 22.8 Å². The zero-order chi connectivity index (χ0) is 22.6. The molecule has 0 radical (unpaired) electrons. The first kappa shape index (κ1) is 22.7. The van der Waals surface area contributed by atoms with Crippen molar-refractivity contribution < 1.29 is 27.6 Å². The van der Waals surface area contributed by atoms with Gasteiger partial charge in [0.15, 0.2) is 0 Å². The number of ether oxygens (including phenoxy) is 2. The van der Waals surface area contributed by atoms with Crippen molar-refractivity contribution in [1.29, 1.82) is 0 Å². The van der Waals surface area contributed by atoms with Crippen LogP contribution in [0.15, 0.2) is 41.3 Å². The average Bonchev–Trinajstić information content (AvgIpc) is 2.79. The molecule has 11 heteroatoms. The van der Waals surface area contributed by atoms with E-state index in [0.29, 0.717) is 12.0 Å². The molecule has 0 atom stereocenters. The quantitative estimate of drug-likeness (QED) is 0.508. The lowest BCUT2D eigenvalue weighted by molar-refractivity contribution is -0.385. The van der Waals surface area contributed by atoms with Gasteiger partial charge in [0.1, 0.15) is 10.6 Å². The van der Waals surface area contributed by atoms with Gasteiger partial charge in [-0.15, -0.1) is 0 Å². The number of hydrogen-bond donors (Lipinski definition) is 1. The number of morpholine rings is 1. The first-order chi connectivity index (χ1) is 14.8. The number of methoxy groups -OCH3 is 1. The molecule has 1 N–H and O–H groups in total. The van der Waals surface area contributed by atoms with Gasteiger partial charge in [-0.1, -0.05) is 13.0 Å². The second-order valence-electron chi connectivity index (χ2n) is 6.79. The van der Waals surface area contributed by atoms with E-state index in [4.69, 9.17) is 9.47 Å². The zero-order valence-electron chi connectivity index (χ0n) is 17.2. The highest BCUT2D eigenvalue weighted by atomic mass is 32.2. The molecule has 166 valence electrons. The Labute approximate surface area is 180 Å². The van der Waals surface area contributed by atoms with Crippen molar-refractivity contribution in [3.05, 3.63) is 57.6 Å². The molecule has 1 amide bonds. The third-order valence-electron chi connectivity index (χ3n) is 4.93. The second-order valence-corrected chi connectivity index (χ2v) is 8.70. The number of hydrogen-bond acceptors (Lipinski definition) is 7. The lowest BCUT2D eigenvalue weighted by atomic mass is 10.1. The van der Waals surface area contributed by atoms with Gasteiger partial charge >= 0.3 is 0 Å². The molecule has 2 aromatic carbocycles. The van der Waals surface area contributed by atoms with Crippen LogP contribution < -0.4 is 10.1 Å². The van der Waals surface area contributed by atoms with Crippen LogP contribution in [-0.2, 0) is 21.2 Å². The van der Waals surface area contributed by atoms with E-state index in [9.17, 15) is 23.3 Å². The van der Waals surface area contributed by atoms with Gasteiger partial charge in [-0.05, 0) is 30.7 Å². The molecular formula is C20H23N3O7S. The van der Waals surface area contributed by atoms with Crippen molar-refractivity contribution in [3.63, 3.8) is 0 Å². The van der Waals surface area contributed by atoms with Crippen molar-refractivity contribution in [2.24, 2.45) is 0 Å². The minimum absolute atomic E-state index is 0.0786. The van der Waals surface area contributed by atoms with Crippen LogP contribution in [0.5, 0.6) is 5.75 Å². The maximum Gasteiger partial charge on any atom is 0.274 e. The predicted octanol–water partition coefficient (Wildman–Crippen LogP) is 2.44. The second kappa shape index (κ2) is 9.41. The number of benzene rings is 2. The molecule has 0 aromatic heterocycles. The largest absolute Gasteiger partial charge is 0.495 e. The van der Waals surface area contributed by atoms with Crippen molar-refractivity contribution in [2.75, 3.05) is 38.7 Å². The van der Waals surface area contributed by atoms with Gasteiger partial charge in [-0.3, -0.25) is 14.9 Å². The number of nitrogens with zero attached hydrogens (tertiary/aromatic N) is 2. The van der Waals surface area contributed by atoms with Gasteiger partial charge in [0, 0.05) is 36.0 Å². The van der Waals surface area contributed by atoms with E-state index in [1.807, 2.05) is 0 Å². The highest BCUT2D eigenvalue weighted by Gasteiger charge is 2.30. The zero-order valence-corrected chi connectivity index (χ0v) is 18.0. The molecule has 1 heterocycles. The number of carbonyl (C=O) groups excluding carboxylic acids is 1. The van der Waals surface area contributed by atoms with Crippen LogP contribution in [-0.4, -0.2) is 57.0 Å². The lowest BCUT2D eigenvalue weighted by Crippen LogP contribution is -2.40. The van der Waals surface area contributed by atoms with Gasteiger partial charge in [0.25, 0.3) is 11.6 Å². The Morgan fingerprint density at radius 2 is 1.94 bits per heavy atom. The Kier molecular flexibility index (Phi) is 6.88. The van der Waals surface area contributed by atoms with Crippen molar-refractivity contribution in [2.45, 2.75) is 18.2 Å². The van der Waals surface area contributed by atoms with Crippen LogP contribution in [0.3, 0.4) is 0 Å². The molecule has 0 saturated carbocycles. The number of amides is 1. The highest BCUT2D eigenvalue weighted by molar-refractivity contribution is 7.89. The number of aryl methyl sites for hydroxylation is 1. The summed E-state index contributed by atoms with van der Waals surface area (Å²) in [5.74, 6) is -0.481. The van der Waals surface area contributed by atoms with Crippen LogP contribution in [0.2, 0.25) is 0 Å². The van der Waals surface area contributed by atoms with Gasteiger partial charge in [-0.25, -0.2) is 8.42 Å². The Morgan fingerprint density at radius 1 is 1.23 bits per heavy atom. The fourth-order valence-electron chi connectivity index (χ4n) is 3.26. The molecule has 1 aliphatic heterocycles. The molecule has 1 fully saturated rings. The lowest BCUT2D eigenvalue weighted by Gasteiger charge is -2.26. The molecular weight excluding hydrogens is 426 g/mol.